The van der Waals surface area contributed by atoms with Crippen molar-refractivity contribution in [2.45, 2.75) is 63.3 Å². The number of rotatable bonds is 1. The van der Waals surface area contributed by atoms with Crippen LogP contribution in [0.25, 0.3) is 0 Å². The molecular weight excluding hydrogens is 236 g/mol. The van der Waals surface area contributed by atoms with Gasteiger partial charge in [0.25, 0.3) is 0 Å². The molecule has 4 rings (SSSR count). The summed E-state index contributed by atoms with van der Waals surface area (Å²) in [6.07, 6.45) is 10.3. The molecule has 0 aliphatic carbocycles. The lowest BCUT2D eigenvalue weighted by Crippen LogP contribution is -2.65. The molecule has 0 aromatic heterocycles. The van der Waals surface area contributed by atoms with Gasteiger partial charge in [0, 0.05) is 32.3 Å². The van der Waals surface area contributed by atoms with E-state index in [1.807, 2.05) is 7.11 Å². The molecule has 1 unspecified atom stereocenters. The Morgan fingerprint density at radius 1 is 0.895 bits per heavy atom. The molecule has 108 valence electrons. The van der Waals surface area contributed by atoms with Crippen LogP contribution in [0.15, 0.2) is 0 Å². The number of piperidine rings is 4. The van der Waals surface area contributed by atoms with Crippen LogP contribution in [0, 0.1) is 11.8 Å². The molecule has 0 aromatic rings. The zero-order chi connectivity index (χ0) is 12.8. The Hall–Kier alpha value is -0.120. The average molecular weight is 264 g/mol. The van der Waals surface area contributed by atoms with E-state index in [-0.39, 0.29) is 0 Å². The second kappa shape index (κ2) is 5.01. The van der Waals surface area contributed by atoms with Crippen molar-refractivity contribution in [1.82, 2.24) is 9.80 Å². The van der Waals surface area contributed by atoms with Crippen LogP contribution in [0.4, 0.5) is 0 Å². The summed E-state index contributed by atoms with van der Waals surface area (Å²) in [5.41, 5.74) is 0. The fraction of sp³-hybridized carbons (Fsp3) is 1.00. The molecule has 2 bridgehead atoms. The highest BCUT2D eigenvalue weighted by atomic mass is 16.5. The van der Waals surface area contributed by atoms with Gasteiger partial charge in [-0.3, -0.25) is 9.80 Å². The molecule has 4 heterocycles. The first-order valence-electron chi connectivity index (χ1n) is 8.39. The average Bonchev–Trinajstić information content (AvgIpc) is 2.47. The second-order valence-electron chi connectivity index (χ2n) is 7.20. The van der Waals surface area contributed by atoms with Crippen LogP contribution in [0.2, 0.25) is 0 Å². The molecule has 0 N–H and O–H groups in total. The zero-order valence-corrected chi connectivity index (χ0v) is 12.3. The van der Waals surface area contributed by atoms with E-state index in [4.69, 9.17) is 4.74 Å². The van der Waals surface area contributed by atoms with Crippen molar-refractivity contribution in [2.24, 2.45) is 11.8 Å². The summed E-state index contributed by atoms with van der Waals surface area (Å²) in [5, 5.41) is 0. The minimum Gasteiger partial charge on any atom is -0.366 e. The van der Waals surface area contributed by atoms with Gasteiger partial charge in [0.2, 0.25) is 0 Å². The quantitative estimate of drug-likeness (QED) is 0.723. The van der Waals surface area contributed by atoms with Gasteiger partial charge in [0.15, 0.2) is 0 Å². The fourth-order valence-corrected chi connectivity index (χ4v) is 5.50. The van der Waals surface area contributed by atoms with E-state index < -0.39 is 0 Å². The lowest BCUT2D eigenvalue weighted by molar-refractivity contribution is -0.152. The molecule has 0 aromatic carbocycles. The van der Waals surface area contributed by atoms with Crippen LogP contribution in [-0.4, -0.2) is 54.9 Å². The third kappa shape index (κ3) is 2.05. The highest BCUT2D eigenvalue weighted by Gasteiger charge is 2.48. The van der Waals surface area contributed by atoms with Gasteiger partial charge in [-0.15, -0.1) is 0 Å². The predicted molar refractivity (Wildman–Crippen MR) is 76.0 cm³/mol. The summed E-state index contributed by atoms with van der Waals surface area (Å²) in [4.78, 5) is 5.59. The Balaban J connectivity index is 1.56. The predicted octanol–water partition coefficient (Wildman–Crippen LogP) is 2.32. The first kappa shape index (κ1) is 12.6. The van der Waals surface area contributed by atoms with Gasteiger partial charge in [-0.05, 0) is 56.9 Å². The number of nitrogens with zero attached hydrogens (tertiary/aromatic N) is 2. The van der Waals surface area contributed by atoms with Crippen LogP contribution in [0.3, 0.4) is 0 Å². The third-order valence-electron chi connectivity index (χ3n) is 6.29. The van der Waals surface area contributed by atoms with Crippen molar-refractivity contribution in [3.63, 3.8) is 0 Å². The fourth-order valence-electron chi connectivity index (χ4n) is 5.50. The summed E-state index contributed by atoms with van der Waals surface area (Å²) < 4.78 is 5.77. The first-order chi connectivity index (χ1) is 9.36. The topological polar surface area (TPSA) is 15.7 Å². The van der Waals surface area contributed by atoms with Crippen LogP contribution in [0.5, 0.6) is 0 Å². The Morgan fingerprint density at radius 3 is 2.63 bits per heavy atom. The smallest absolute Gasteiger partial charge is 0.110 e. The molecule has 4 aliphatic rings. The highest BCUT2D eigenvalue weighted by Crippen LogP contribution is 2.44. The molecule has 0 spiro atoms. The van der Waals surface area contributed by atoms with E-state index in [1.165, 1.54) is 64.6 Å². The minimum atomic E-state index is 0.416. The van der Waals surface area contributed by atoms with Crippen molar-refractivity contribution < 1.29 is 4.74 Å². The maximum absolute atomic E-state index is 5.77. The molecule has 4 saturated heterocycles. The molecule has 5 atom stereocenters. The van der Waals surface area contributed by atoms with E-state index in [0.29, 0.717) is 6.23 Å². The van der Waals surface area contributed by atoms with Gasteiger partial charge in [-0.2, -0.15) is 0 Å². The van der Waals surface area contributed by atoms with Crippen LogP contribution < -0.4 is 0 Å². The van der Waals surface area contributed by atoms with E-state index in [1.54, 1.807) is 0 Å². The van der Waals surface area contributed by atoms with Crippen molar-refractivity contribution in [2.75, 3.05) is 26.7 Å². The molecule has 0 radical (unpaired) electrons. The summed E-state index contributed by atoms with van der Waals surface area (Å²) in [6.45, 7) is 4.05. The van der Waals surface area contributed by atoms with Crippen LogP contribution >= 0.6 is 0 Å². The maximum atomic E-state index is 5.77. The Bertz CT molecular complexity index is 335. The van der Waals surface area contributed by atoms with Gasteiger partial charge in [-0.25, -0.2) is 0 Å². The number of hydrogen-bond acceptors (Lipinski definition) is 3. The number of methoxy groups -OCH3 is 1. The monoisotopic (exact) mass is 264 g/mol. The van der Waals surface area contributed by atoms with Gasteiger partial charge in [0.1, 0.15) is 6.23 Å². The lowest BCUT2D eigenvalue weighted by atomic mass is 9.71. The summed E-state index contributed by atoms with van der Waals surface area (Å²) in [6, 6.07) is 1.71. The first-order valence-corrected chi connectivity index (χ1v) is 8.39. The molecule has 0 amide bonds. The zero-order valence-electron chi connectivity index (χ0n) is 12.3. The van der Waals surface area contributed by atoms with Crippen molar-refractivity contribution in [1.29, 1.82) is 0 Å². The molecule has 19 heavy (non-hydrogen) atoms. The standard InChI is InChI=1S/C16H28N2O/c1-19-16-7-4-6-15-12-9-13(11-18(15)16)14-5-2-3-8-17(14)10-12/h12-16H,2-11H2,1H3/t12-,13-,14+,15+,16?/m0/s1. The Labute approximate surface area is 117 Å². The molecular formula is C16H28N2O. The van der Waals surface area contributed by atoms with Gasteiger partial charge in [-0.1, -0.05) is 6.42 Å². The SMILES string of the molecule is COC1CCC[C@@H]2[C@H]3C[C@@H](CN12)[C@H]1CCCCN1C3. The molecule has 4 fully saturated rings. The van der Waals surface area contributed by atoms with Gasteiger partial charge < -0.3 is 4.74 Å². The highest BCUT2D eigenvalue weighted by molar-refractivity contribution is 5.01. The normalized spacial score (nSPS) is 47.5. The maximum Gasteiger partial charge on any atom is 0.110 e. The molecule has 0 saturated carbocycles. The van der Waals surface area contributed by atoms with E-state index in [2.05, 4.69) is 9.80 Å². The van der Waals surface area contributed by atoms with Gasteiger partial charge in [0.05, 0.1) is 0 Å². The van der Waals surface area contributed by atoms with Crippen LogP contribution in [-0.2, 0) is 4.74 Å². The minimum absolute atomic E-state index is 0.416. The van der Waals surface area contributed by atoms with E-state index in [0.717, 1.165) is 23.9 Å². The Morgan fingerprint density at radius 2 is 1.74 bits per heavy atom. The van der Waals surface area contributed by atoms with Crippen LogP contribution in [0.1, 0.15) is 44.9 Å². The summed E-state index contributed by atoms with van der Waals surface area (Å²) >= 11 is 0. The molecule has 3 nitrogen and oxygen atoms in total. The Kier molecular flexibility index (Phi) is 3.33. The lowest BCUT2D eigenvalue weighted by Gasteiger charge is -2.58. The number of hydrogen-bond donors (Lipinski definition) is 0. The largest absolute Gasteiger partial charge is 0.366 e. The van der Waals surface area contributed by atoms with Gasteiger partial charge >= 0.3 is 0 Å². The molecule has 4 aliphatic heterocycles. The van der Waals surface area contributed by atoms with Crippen molar-refractivity contribution in [3.05, 3.63) is 0 Å². The summed E-state index contributed by atoms with van der Waals surface area (Å²) in [5.74, 6) is 1.84. The number of ether oxygens (including phenoxy) is 1. The summed E-state index contributed by atoms with van der Waals surface area (Å²) in [7, 11) is 1.91. The molecule has 3 heteroatoms. The third-order valence-corrected chi connectivity index (χ3v) is 6.29. The van der Waals surface area contributed by atoms with Crippen molar-refractivity contribution >= 4 is 0 Å². The van der Waals surface area contributed by atoms with Crippen molar-refractivity contribution in [3.8, 4) is 0 Å². The van der Waals surface area contributed by atoms with E-state index in [9.17, 15) is 0 Å². The van der Waals surface area contributed by atoms with E-state index >= 15 is 0 Å². The number of fused-ring (bicyclic) bond motifs is 6. The second-order valence-corrected chi connectivity index (χ2v) is 7.20.